The van der Waals surface area contributed by atoms with E-state index >= 15 is 0 Å². The number of hydrogen-bond acceptors (Lipinski definition) is 5. The number of nitrogens with zero attached hydrogens (tertiary/aromatic N) is 2. The van der Waals surface area contributed by atoms with E-state index in [1.165, 1.54) is 0 Å². The maximum atomic E-state index is 5.27. The third-order valence-electron chi connectivity index (χ3n) is 2.40. The molecule has 0 saturated heterocycles. The van der Waals surface area contributed by atoms with Crippen LogP contribution in [0.25, 0.3) is 0 Å². The molecule has 0 N–H and O–H groups in total. The van der Waals surface area contributed by atoms with Gasteiger partial charge >= 0.3 is 0 Å². The van der Waals surface area contributed by atoms with Gasteiger partial charge in [0.1, 0.15) is 5.76 Å². The van der Waals surface area contributed by atoms with E-state index in [9.17, 15) is 0 Å². The first kappa shape index (κ1) is 10.6. The molecule has 18 heavy (non-hydrogen) atoms. The van der Waals surface area contributed by atoms with Gasteiger partial charge in [0.2, 0.25) is 6.79 Å². The fraction of sp³-hybridized carbons (Fsp3) is 0.0769. The molecule has 5 heteroatoms. The lowest BCUT2D eigenvalue weighted by molar-refractivity contribution is 0.174. The highest BCUT2D eigenvalue weighted by Crippen LogP contribution is 2.31. The van der Waals surface area contributed by atoms with Gasteiger partial charge in [-0.25, -0.2) is 0 Å². The van der Waals surface area contributed by atoms with E-state index < -0.39 is 0 Å². The third-order valence-corrected chi connectivity index (χ3v) is 2.40. The lowest BCUT2D eigenvalue weighted by atomic mass is 10.2. The van der Waals surface area contributed by atoms with Crippen LogP contribution in [0.5, 0.6) is 11.5 Å². The molecule has 3 rings (SSSR count). The zero-order valence-electron chi connectivity index (χ0n) is 9.45. The van der Waals surface area contributed by atoms with Crippen LogP contribution in [0.1, 0.15) is 11.3 Å². The maximum absolute atomic E-state index is 5.27. The highest BCUT2D eigenvalue weighted by atomic mass is 16.7. The Morgan fingerprint density at radius 1 is 1.00 bits per heavy atom. The van der Waals surface area contributed by atoms with E-state index in [4.69, 9.17) is 13.9 Å². The Labute approximate surface area is 103 Å². The van der Waals surface area contributed by atoms with Crippen molar-refractivity contribution < 1.29 is 13.9 Å². The highest BCUT2D eigenvalue weighted by Gasteiger charge is 2.12. The number of fused-ring (bicyclic) bond motifs is 1. The maximum Gasteiger partial charge on any atom is 0.231 e. The van der Waals surface area contributed by atoms with Crippen LogP contribution < -0.4 is 9.47 Å². The number of benzene rings is 1. The summed E-state index contributed by atoms with van der Waals surface area (Å²) < 4.78 is 15.6. The summed E-state index contributed by atoms with van der Waals surface area (Å²) in [5.74, 6) is 2.15. The van der Waals surface area contributed by atoms with Gasteiger partial charge in [0.25, 0.3) is 0 Å². The Balaban J connectivity index is 1.69. The van der Waals surface area contributed by atoms with Crippen LogP contribution >= 0.6 is 0 Å². The summed E-state index contributed by atoms with van der Waals surface area (Å²) in [6.07, 6.45) is 4.77. The van der Waals surface area contributed by atoms with Crippen LogP contribution in [0, 0.1) is 0 Å². The summed E-state index contributed by atoms with van der Waals surface area (Å²) >= 11 is 0. The van der Waals surface area contributed by atoms with Gasteiger partial charge < -0.3 is 13.9 Å². The predicted molar refractivity (Wildman–Crippen MR) is 66.5 cm³/mol. The number of ether oxygens (including phenoxy) is 2. The van der Waals surface area contributed by atoms with Crippen molar-refractivity contribution in [3.63, 3.8) is 0 Å². The van der Waals surface area contributed by atoms with Crippen LogP contribution in [0.3, 0.4) is 0 Å². The molecule has 0 amide bonds. The Bertz CT molecular complexity index is 588. The van der Waals surface area contributed by atoms with Gasteiger partial charge in [0.05, 0.1) is 18.7 Å². The lowest BCUT2D eigenvalue weighted by Crippen LogP contribution is -1.92. The predicted octanol–water partition coefficient (Wildman–Crippen LogP) is 2.46. The molecule has 1 aromatic carbocycles. The van der Waals surface area contributed by atoms with E-state index in [0.29, 0.717) is 5.76 Å². The van der Waals surface area contributed by atoms with E-state index in [0.717, 1.165) is 17.1 Å². The summed E-state index contributed by atoms with van der Waals surface area (Å²) in [4.78, 5) is 0. The largest absolute Gasteiger partial charge is 0.463 e. The molecular formula is C13H10N2O3. The topological polar surface area (TPSA) is 56.3 Å². The zero-order valence-corrected chi connectivity index (χ0v) is 9.45. The molecule has 2 heterocycles. The van der Waals surface area contributed by atoms with Gasteiger partial charge in [0, 0.05) is 0 Å². The fourth-order valence-corrected chi connectivity index (χ4v) is 1.55. The summed E-state index contributed by atoms with van der Waals surface area (Å²) in [6, 6.07) is 9.19. The van der Waals surface area contributed by atoms with Gasteiger partial charge in [-0.2, -0.15) is 10.2 Å². The van der Waals surface area contributed by atoms with Crippen molar-refractivity contribution in [3.8, 4) is 11.5 Å². The molecule has 1 aliphatic rings. The first-order chi connectivity index (χ1) is 8.92. The second-order valence-corrected chi connectivity index (χ2v) is 3.62. The average Bonchev–Trinajstić information content (AvgIpc) is 3.05. The Morgan fingerprint density at radius 2 is 1.89 bits per heavy atom. The second kappa shape index (κ2) is 4.75. The Morgan fingerprint density at radius 3 is 2.78 bits per heavy atom. The van der Waals surface area contributed by atoms with Crippen LogP contribution in [0.15, 0.2) is 51.2 Å². The molecule has 5 nitrogen and oxygen atoms in total. The number of hydrogen-bond donors (Lipinski definition) is 0. The second-order valence-electron chi connectivity index (χ2n) is 3.62. The Kier molecular flexibility index (Phi) is 2.79. The highest BCUT2D eigenvalue weighted by molar-refractivity contribution is 5.82. The molecule has 1 aromatic heterocycles. The third kappa shape index (κ3) is 2.24. The number of rotatable bonds is 3. The zero-order chi connectivity index (χ0) is 12.2. The molecule has 90 valence electrons. The van der Waals surface area contributed by atoms with Crippen molar-refractivity contribution in [2.75, 3.05) is 6.79 Å². The molecule has 0 atom stereocenters. The molecule has 1 aliphatic heterocycles. The van der Waals surface area contributed by atoms with Gasteiger partial charge in [-0.15, -0.1) is 0 Å². The molecule has 0 saturated carbocycles. The summed E-state index contributed by atoms with van der Waals surface area (Å²) in [5.41, 5.74) is 0.899. The van der Waals surface area contributed by atoms with E-state index in [2.05, 4.69) is 10.2 Å². The SMILES string of the molecule is C(=NN=Cc1ccco1)c1ccc2c(c1)OCO2. The van der Waals surface area contributed by atoms with E-state index in [-0.39, 0.29) is 6.79 Å². The standard InChI is InChI=1S/C13H10N2O3/c1-2-11(16-5-1)8-15-14-7-10-3-4-12-13(6-10)18-9-17-12/h1-8H,9H2. The van der Waals surface area contributed by atoms with Gasteiger partial charge in [-0.05, 0) is 35.9 Å². The van der Waals surface area contributed by atoms with Crippen molar-refractivity contribution >= 4 is 12.4 Å². The lowest BCUT2D eigenvalue weighted by Gasteiger charge is -1.95. The van der Waals surface area contributed by atoms with Gasteiger partial charge in [-0.1, -0.05) is 0 Å². The van der Waals surface area contributed by atoms with E-state index in [1.54, 1.807) is 30.8 Å². The molecule has 0 spiro atoms. The minimum atomic E-state index is 0.270. The van der Waals surface area contributed by atoms with Crippen LogP contribution in [0.4, 0.5) is 0 Å². The van der Waals surface area contributed by atoms with E-state index in [1.807, 2.05) is 18.2 Å². The van der Waals surface area contributed by atoms with Crippen molar-refractivity contribution in [1.29, 1.82) is 0 Å². The molecule has 0 radical (unpaired) electrons. The van der Waals surface area contributed by atoms with Crippen LogP contribution in [-0.2, 0) is 0 Å². The van der Waals surface area contributed by atoms with Crippen LogP contribution in [-0.4, -0.2) is 19.2 Å². The van der Waals surface area contributed by atoms with Gasteiger partial charge in [0.15, 0.2) is 11.5 Å². The van der Waals surface area contributed by atoms with Crippen molar-refractivity contribution in [2.24, 2.45) is 10.2 Å². The molecule has 0 bridgehead atoms. The first-order valence-corrected chi connectivity index (χ1v) is 5.41. The Hall–Kier alpha value is -2.56. The average molecular weight is 242 g/mol. The first-order valence-electron chi connectivity index (χ1n) is 5.41. The van der Waals surface area contributed by atoms with Crippen molar-refractivity contribution in [3.05, 3.63) is 47.9 Å². The minimum Gasteiger partial charge on any atom is -0.463 e. The quantitative estimate of drug-likeness (QED) is 0.613. The smallest absolute Gasteiger partial charge is 0.231 e. The molecular weight excluding hydrogens is 232 g/mol. The number of furan rings is 1. The molecule has 0 fully saturated rings. The van der Waals surface area contributed by atoms with Crippen LogP contribution in [0.2, 0.25) is 0 Å². The summed E-state index contributed by atoms with van der Waals surface area (Å²) in [6.45, 7) is 0.270. The molecule has 0 unspecified atom stereocenters. The molecule has 2 aromatic rings. The summed E-state index contributed by atoms with van der Waals surface area (Å²) in [7, 11) is 0. The van der Waals surface area contributed by atoms with Crippen molar-refractivity contribution in [2.45, 2.75) is 0 Å². The fourth-order valence-electron chi connectivity index (χ4n) is 1.55. The normalized spacial score (nSPS) is 13.8. The van der Waals surface area contributed by atoms with Crippen molar-refractivity contribution in [1.82, 2.24) is 0 Å². The molecule has 0 aliphatic carbocycles. The minimum absolute atomic E-state index is 0.270. The van der Waals surface area contributed by atoms with Gasteiger partial charge in [-0.3, -0.25) is 0 Å². The summed E-state index contributed by atoms with van der Waals surface area (Å²) in [5, 5.41) is 7.81. The monoisotopic (exact) mass is 242 g/mol.